The zero-order chi connectivity index (χ0) is 11.6. The molecule has 0 radical (unpaired) electrons. The third-order valence-electron chi connectivity index (χ3n) is 3.04. The van der Waals surface area contributed by atoms with E-state index in [1.807, 2.05) is 6.92 Å². The molecule has 0 aliphatic heterocycles. The van der Waals surface area contributed by atoms with Crippen LogP contribution in [0, 0.1) is 0 Å². The molecule has 1 saturated carbocycles. The topological polar surface area (TPSA) is 17.1 Å². The zero-order valence-corrected chi connectivity index (χ0v) is 10.2. The van der Waals surface area contributed by atoms with Gasteiger partial charge in [0.15, 0.2) is 0 Å². The third-order valence-corrected chi connectivity index (χ3v) is 3.04. The summed E-state index contributed by atoms with van der Waals surface area (Å²) < 4.78 is 0. The van der Waals surface area contributed by atoms with Crippen LogP contribution in [0.5, 0.6) is 0 Å². The fraction of sp³-hybridized carbons (Fsp3) is 0.533. The molecule has 1 aliphatic rings. The Morgan fingerprint density at radius 1 is 1.12 bits per heavy atom. The van der Waals surface area contributed by atoms with Crippen molar-refractivity contribution in [1.29, 1.82) is 0 Å². The highest BCUT2D eigenvalue weighted by Gasteiger charge is 2.14. The number of carbonyl (C=O) groups is 1. The smallest absolute Gasteiger partial charge is 0.119 e. The van der Waals surface area contributed by atoms with Gasteiger partial charge in [-0.25, -0.2) is 0 Å². The Labute approximate surface area is 98.9 Å². The normalized spacial score (nSPS) is 16.1. The molecule has 0 N–H and O–H groups in total. The van der Waals surface area contributed by atoms with Crippen LogP contribution in [0.4, 0.5) is 0 Å². The molecular weight excluding hydrogens is 196 g/mol. The average molecular weight is 218 g/mol. The van der Waals surface area contributed by atoms with Crippen molar-refractivity contribution in [1.82, 2.24) is 0 Å². The molecule has 0 amide bonds. The van der Waals surface area contributed by atoms with Crippen molar-refractivity contribution < 1.29 is 4.79 Å². The molecule has 1 nitrogen and oxygen atoms in total. The Hall–Kier alpha value is -1.11. The maximum absolute atomic E-state index is 9.17. The minimum atomic E-state index is 0.639. The van der Waals surface area contributed by atoms with E-state index < -0.39 is 0 Å². The molecule has 0 saturated heterocycles. The number of hydrogen-bond donors (Lipinski definition) is 0. The van der Waals surface area contributed by atoms with Crippen molar-refractivity contribution in [2.24, 2.45) is 0 Å². The molecule has 0 aromatic heterocycles. The number of rotatable bonds is 2. The Morgan fingerprint density at radius 3 is 2.19 bits per heavy atom. The first kappa shape index (κ1) is 13.0. The molecule has 0 heterocycles. The number of carbonyl (C=O) groups excluding carboxylic acids is 1. The van der Waals surface area contributed by atoms with E-state index in [1.165, 1.54) is 32.1 Å². The molecule has 1 heteroatoms. The van der Waals surface area contributed by atoms with Crippen molar-refractivity contribution in [3.63, 3.8) is 0 Å². The van der Waals surface area contributed by atoms with Gasteiger partial charge in [0.25, 0.3) is 0 Å². The van der Waals surface area contributed by atoms with E-state index in [2.05, 4.69) is 30.3 Å². The Morgan fingerprint density at radius 2 is 1.69 bits per heavy atom. The van der Waals surface area contributed by atoms with Gasteiger partial charge in [-0.15, -0.1) is 0 Å². The first-order valence-corrected chi connectivity index (χ1v) is 6.37. The average Bonchev–Trinajstić information content (AvgIpc) is 2.41. The van der Waals surface area contributed by atoms with Crippen LogP contribution in [0.3, 0.4) is 0 Å². The molecule has 2 rings (SSSR count). The summed E-state index contributed by atoms with van der Waals surface area (Å²) in [5.74, 6) is 0.861. The highest BCUT2D eigenvalue weighted by molar-refractivity contribution is 5.48. The van der Waals surface area contributed by atoms with Gasteiger partial charge in [-0.1, -0.05) is 56.5 Å². The summed E-state index contributed by atoms with van der Waals surface area (Å²) in [6, 6.07) is 11.0. The third kappa shape index (κ3) is 4.61. The summed E-state index contributed by atoms with van der Waals surface area (Å²) in [7, 11) is 0. The molecule has 16 heavy (non-hydrogen) atoms. The lowest BCUT2D eigenvalue weighted by molar-refractivity contribution is -0.107. The minimum absolute atomic E-state index is 0.639. The number of hydrogen-bond acceptors (Lipinski definition) is 1. The molecule has 1 aliphatic carbocycles. The van der Waals surface area contributed by atoms with Crippen LogP contribution in [0.15, 0.2) is 30.3 Å². The van der Waals surface area contributed by atoms with Crippen LogP contribution < -0.4 is 0 Å². The molecule has 0 bridgehead atoms. The quantitative estimate of drug-likeness (QED) is 0.675. The first-order valence-electron chi connectivity index (χ1n) is 6.37. The second-order valence-electron chi connectivity index (χ2n) is 4.32. The predicted molar refractivity (Wildman–Crippen MR) is 68.6 cm³/mol. The molecule has 0 unspecified atom stereocenters. The number of benzene rings is 1. The fourth-order valence-corrected chi connectivity index (χ4v) is 2.16. The standard InChI is InChI=1S/C12H16.C3H6O/c1-3-7-11(8-4-1)12-9-5-2-6-10-12;1-2-3-4/h1,3-4,7-8,12H,2,5-6,9-10H2;3H,2H2,1H3. The SMILES string of the molecule is CCC=O.c1ccc(C2CCCCC2)cc1. The van der Waals surface area contributed by atoms with E-state index in [-0.39, 0.29) is 0 Å². The largest absolute Gasteiger partial charge is 0.303 e. The van der Waals surface area contributed by atoms with Crippen molar-refractivity contribution in [2.75, 3.05) is 0 Å². The van der Waals surface area contributed by atoms with E-state index in [9.17, 15) is 4.79 Å². The van der Waals surface area contributed by atoms with E-state index in [0.29, 0.717) is 6.42 Å². The highest BCUT2D eigenvalue weighted by Crippen LogP contribution is 2.31. The van der Waals surface area contributed by atoms with Crippen LogP contribution >= 0.6 is 0 Å². The summed E-state index contributed by atoms with van der Waals surface area (Å²) in [5.41, 5.74) is 1.55. The van der Waals surface area contributed by atoms with Gasteiger partial charge in [-0.05, 0) is 24.3 Å². The highest BCUT2D eigenvalue weighted by atomic mass is 16.1. The molecule has 0 spiro atoms. The van der Waals surface area contributed by atoms with Crippen molar-refractivity contribution in [2.45, 2.75) is 51.4 Å². The molecule has 0 atom stereocenters. The summed E-state index contributed by atoms with van der Waals surface area (Å²) in [5, 5.41) is 0. The summed E-state index contributed by atoms with van der Waals surface area (Å²) >= 11 is 0. The van der Waals surface area contributed by atoms with Crippen LogP contribution in [0.25, 0.3) is 0 Å². The van der Waals surface area contributed by atoms with E-state index >= 15 is 0 Å². The summed E-state index contributed by atoms with van der Waals surface area (Å²) in [6.45, 7) is 1.81. The lowest BCUT2D eigenvalue weighted by Crippen LogP contribution is -2.03. The summed E-state index contributed by atoms with van der Waals surface area (Å²) in [4.78, 5) is 9.17. The van der Waals surface area contributed by atoms with Crippen molar-refractivity contribution in [3.05, 3.63) is 35.9 Å². The van der Waals surface area contributed by atoms with Crippen LogP contribution in [0.1, 0.15) is 56.9 Å². The van der Waals surface area contributed by atoms with E-state index in [0.717, 1.165) is 12.2 Å². The van der Waals surface area contributed by atoms with Crippen LogP contribution in [-0.4, -0.2) is 6.29 Å². The maximum Gasteiger partial charge on any atom is 0.119 e. The van der Waals surface area contributed by atoms with Gasteiger partial charge in [0.05, 0.1) is 0 Å². The monoisotopic (exact) mass is 218 g/mol. The minimum Gasteiger partial charge on any atom is -0.303 e. The first-order chi connectivity index (χ1) is 7.88. The second kappa shape index (κ2) is 8.09. The van der Waals surface area contributed by atoms with E-state index in [4.69, 9.17) is 0 Å². The van der Waals surface area contributed by atoms with Gasteiger partial charge in [0.2, 0.25) is 0 Å². The van der Waals surface area contributed by atoms with Crippen LogP contribution in [0.2, 0.25) is 0 Å². The van der Waals surface area contributed by atoms with Crippen molar-refractivity contribution in [3.8, 4) is 0 Å². The fourth-order valence-electron chi connectivity index (χ4n) is 2.16. The molecule has 88 valence electrons. The molecular formula is C15H22O. The van der Waals surface area contributed by atoms with Gasteiger partial charge < -0.3 is 4.79 Å². The molecule has 1 aromatic carbocycles. The number of aldehydes is 1. The Balaban J connectivity index is 0.000000280. The predicted octanol–water partition coefficient (Wildman–Crippen LogP) is 4.33. The lowest BCUT2D eigenvalue weighted by atomic mass is 9.84. The van der Waals surface area contributed by atoms with Crippen molar-refractivity contribution >= 4 is 6.29 Å². The zero-order valence-electron chi connectivity index (χ0n) is 10.2. The molecule has 1 aromatic rings. The van der Waals surface area contributed by atoms with Gasteiger partial charge >= 0.3 is 0 Å². The van der Waals surface area contributed by atoms with E-state index in [1.54, 1.807) is 5.56 Å². The summed E-state index contributed by atoms with van der Waals surface area (Å²) in [6.07, 6.45) is 8.64. The van der Waals surface area contributed by atoms with Crippen LogP contribution in [-0.2, 0) is 4.79 Å². The maximum atomic E-state index is 9.17. The second-order valence-corrected chi connectivity index (χ2v) is 4.32. The van der Waals surface area contributed by atoms with Gasteiger partial charge in [-0.2, -0.15) is 0 Å². The lowest BCUT2D eigenvalue weighted by Gasteiger charge is -2.21. The van der Waals surface area contributed by atoms with Gasteiger partial charge in [0, 0.05) is 6.42 Å². The Bertz CT molecular complexity index is 273. The Kier molecular flexibility index (Phi) is 6.55. The van der Waals surface area contributed by atoms with Gasteiger partial charge in [0.1, 0.15) is 6.29 Å². The molecule has 1 fully saturated rings. The van der Waals surface area contributed by atoms with Gasteiger partial charge in [-0.3, -0.25) is 0 Å².